The maximum atomic E-state index is 6.01. The van der Waals surface area contributed by atoms with Crippen LogP contribution in [0, 0.1) is 0 Å². The lowest BCUT2D eigenvalue weighted by molar-refractivity contribution is 0.403. The number of rotatable bonds is 6. The molecule has 0 saturated carbocycles. The van der Waals surface area contributed by atoms with Crippen LogP contribution in [-0.4, -0.2) is 18.1 Å². The molecule has 3 N–H and O–H groups in total. The predicted molar refractivity (Wildman–Crippen MR) is 75.7 cm³/mol. The lowest BCUT2D eigenvalue weighted by atomic mass is 10.1. The van der Waals surface area contributed by atoms with Crippen molar-refractivity contribution in [3.8, 4) is 5.75 Å². The van der Waals surface area contributed by atoms with E-state index in [0.29, 0.717) is 10.3 Å². The number of nitrogens with two attached hydrogens (primary N) is 1. The molecule has 5 heteroatoms. The molecule has 1 aromatic rings. The third-order valence-electron chi connectivity index (χ3n) is 2.36. The zero-order valence-corrected chi connectivity index (χ0v) is 11.9. The number of thioether (sulfide) groups is 1. The number of methoxy groups -OCH3 is 1. The Labute approximate surface area is 112 Å². The average molecular weight is 275 g/mol. The molecule has 3 nitrogen and oxygen atoms in total. The molecule has 0 fully saturated rings. The second-order valence-electron chi connectivity index (χ2n) is 3.99. The summed E-state index contributed by atoms with van der Waals surface area (Å²) < 4.78 is 5.33. The summed E-state index contributed by atoms with van der Waals surface area (Å²) in [6, 6.07) is 5.61. The lowest BCUT2D eigenvalue weighted by Gasteiger charge is -2.20. The highest BCUT2D eigenvalue weighted by Gasteiger charge is 2.16. The summed E-state index contributed by atoms with van der Waals surface area (Å²) in [5.74, 6) is 7.29. The van der Waals surface area contributed by atoms with Crippen molar-refractivity contribution < 1.29 is 4.74 Å². The van der Waals surface area contributed by atoms with Gasteiger partial charge in [0.15, 0.2) is 0 Å². The maximum Gasteiger partial charge on any atom is 0.123 e. The van der Waals surface area contributed by atoms with Crippen molar-refractivity contribution in [3.63, 3.8) is 0 Å². The molecular formula is C12H19ClN2OS. The van der Waals surface area contributed by atoms with Crippen molar-refractivity contribution in [2.45, 2.75) is 25.1 Å². The van der Waals surface area contributed by atoms with Crippen molar-refractivity contribution >= 4 is 23.4 Å². The van der Waals surface area contributed by atoms with E-state index in [2.05, 4.69) is 19.3 Å². The predicted octanol–water partition coefficient (Wildman–Crippen LogP) is 2.99. The van der Waals surface area contributed by atoms with Gasteiger partial charge < -0.3 is 4.74 Å². The number of hydrogen-bond donors (Lipinski definition) is 2. The largest absolute Gasteiger partial charge is 0.496 e. The van der Waals surface area contributed by atoms with Crippen molar-refractivity contribution in [2.24, 2.45) is 5.84 Å². The molecule has 0 spiro atoms. The van der Waals surface area contributed by atoms with Crippen LogP contribution in [0.15, 0.2) is 18.2 Å². The molecule has 0 aliphatic rings. The van der Waals surface area contributed by atoms with E-state index in [-0.39, 0.29) is 6.04 Å². The third-order valence-corrected chi connectivity index (χ3v) is 3.79. The first-order valence-corrected chi connectivity index (χ1v) is 6.92. The summed E-state index contributed by atoms with van der Waals surface area (Å²) in [5, 5.41) is 1.26. The summed E-state index contributed by atoms with van der Waals surface area (Å²) in [7, 11) is 1.65. The normalized spacial score (nSPS) is 12.8. The van der Waals surface area contributed by atoms with Gasteiger partial charge in [-0.2, -0.15) is 11.8 Å². The highest BCUT2D eigenvalue weighted by molar-refractivity contribution is 7.99. The first-order valence-electron chi connectivity index (χ1n) is 5.49. The molecule has 1 atom stereocenters. The second-order valence-corrected chi connectivity index (χ2v) is 6.03. The Morgan fingerprint density at radius 2 is 2.18 bits per heavy atom. The zero-order valence-electron chi connectivity index (χ0n) is 10.4. The molecule has 1 rings (SSSR count). The van der Waals surface area contributed by atoms with Gasteiger partial charge in [-0.05, 0) is 23.4 Å². The van der Waals surface area contributed by atoms with Gasteiger partial charge in [-0.15, -0.1) is 0 Å². The van der Waals surface area contributed by atoms with E-state index >= 15 is 0 Å². The minimum atomic E-state index is 0.0380. The van der Waals surface area contributed by atoms with Crippen LogP contribution < -0.4 is 16.0 Å². The first-order chi connectivity index (χ1) is 8.08. The molecule has 0 amide bonds. The van der Waals surface area contributed by atoms with E-state index in [9.17, 15) is 0 Å². The average Bonchev–Trinajstić information content (AvgIpc) is 2.30. The Hall–Kier alpha value is -0.420. The summed E-state index contributed by atoms with van der Waals surface area (Å²) in [5.41, 5.74) is 3.81. The molecule has 0 radical (unpaired) electrons. The standard InChI is InChI=1S/C12H19ClN2OS/c1-8(2)17-7-11(15-14)10-6-9(13)4-5-12(10)16-3/h4-6,8,11,15H,7,14H2,1-3H3. The van der Waals surface area contributed by atoms with Crippen LogP contribution in [0.4, 0.5) is 0 Å². The second kappa shape index (κ2) is 7.11. The minimum Gasteiger partial charge on any atom is -0.496 e. The van der Waals surface area contributed by atoms with Gasteiger partial charge in [0.05, 0.1) is 13.2 Å². The summed E-state index contributed by atoms with van der Waals surface area (Å²) >= 11 is 7.85. The topological polar surface area (TPSA) is 47.3 Å². The lowest BCUT2D eigenvalue weighted by Crippen LogP contribution is -2.30. The summed E-state index contributed by atoms with van der Waals surface area (Å²) in [6.07, 6.45) is 0. The Morgan fingerprint density at radius 1 is 1.47 bits per heavy atom. The van der Waals surface area contributed by atoms with Crippen molar-refractivity contribution in [1.29, 1.82) is 0 Å². The minimum absolute atomic E-state index is 0.0380. The van der Waals surface area contributed by atoms with E-state index in [0.717, 1.165) is 17.1 Å². The number of hydrazine groups is 1. The van der Waals surface area contributed by atoms with Gasteiger partial charge >= 0.3 is 0 Å². The maximum absolute atomic E-state index is 6.01. The molecule has 96 valence electrons. The van der Waals surface area contributed by atoms with Crippen LogP contribution in [-0.2, 0) is 0 Å². The monoisotopic (exact) mass is 274 g/mol. The molecule has 1 aromatic carbocycles. The van der Waals surface area contributed by atoms with Crippen LogP contribution >= 0.6 is 23.4 Å². The molecule has 0 bridgehead atoms. The first kappa shape index (κ1) is 14.6. The van der Waals surface area contributed by atoms with E-state index in [1.807, 2.05) is 30.0 Å². The van der Waals surface area contributed by atoms with Crippen LogP contribution in [0.2, 0.25) is 5.02 Å². The smallest absolute Gasteiger partial charge is 0.123 e. The third kappa shape index (κ3) is 4.39. The number of ether oxygens (including phenoxy) is 1. The fourth-order valence-electron chi connectivity index (χ4n) is 1.49. The van der Waals surface area contributed by atoms with Gasteiger partial charge in [-0.25, -0.2) is 0 Å². The van der Waals surface area contributed by atoms with Gasteiger partial charge in [0.1, 0.15) is 5.75 Å². The van der Waals surface area contributed by atoms with Crippen LogP contribution in [0.25, 0.3) is 0 Å². The molecular weight excluding hydrogens is 256 g/mol. The quantitative estimate of drug-likeness (QED) is 0.618. The van der Waals surface area contributed by atoms with Gasteiger partial charge in [-0.3, -0.25) is 11.3 Å². The van der Waals surface area contributed by atoms with E-state index < -0.39 is 0 Å². The molecule has 0 aliphatic carbocycles. The summed E-state index contributed by atoms with van der Waals surface area (Å²) in [6.45, 7) is 4.32. The number of halogens is 1. The Kier molecular flexibility index (Phi) is 6.12. The fraction of sp³-hybridized carbons (Fsp3) is 0.500. The van der Waals surface area contributed by atoms with E-state index in [1.54, 1.807) is 7.11 Å². The molecule has 17 heavy (non-hydrogen) atoms. The van der Waals surface area contributed by atoms with Crippen molar-refractivity contribution in [3.05, 3.63) is 28.8 Å². The molecule has 0 saturated heterocycles. The Bertz CT molecular complexity index is 360. The molecule has 0 aliphatic heterocycles. The van der Waals surface area contributed by atoms with Crippen LogP contribution in [0.5, 0.6) is 5.75 Å². The van der Waals surface area contributed by atoms with Gasteiger partial charge in [-0.1, -0.05) is 25.4 Å². The molecule has 0 aromatic heterocycles. The molecule has 1 unspecified atom stereocenters. The van der Waals surface area contributed by atoms with Crippen LogP contribution in [0.3, 0.4) is 0 Å². The fourth-order valence-corrected chi connectivity index (χ4v) is 2.53. The van der Waals surface area contributed by atoms with Crippen molar-refractivity contribution in [1.82, 2.24) is 5.43 Å². The highest BCUT2D eigenvalue weighted by Crippen LogP contribution is 2.30. The van der Waals surface area contributed by atoms with Gasteiger partial charge in [0.2, 0.25) is 0 Å². The number of hydrogen-bond acceptors (Lipinski definition) is 4. The Balaban J connectivity index is 2.89. The zero-order chi connectivity index (χ0) is 12.8. The number of nitrogens with one attached hydrogen (secondary N) is 1. The van der Waals surface area contributed by atoms with Gasteiger partial charge in [0, 0.05) is 16.3 Å². The Morgan fingerprint density at radius 3 is 2.71 bits per heavy atom. The van der Waals surface area contributed by atoms with Crippen molar-refractivity contribution in [2.75, 3.05) is 12.9 Å². The molecule has 0 heterocycles. The number of benzene rings is 1. The van der Waals surface area contributed by atoms with Crippen LogP contribution in [0.1, 0.15) is 25.5 Å². The van der Waals surface area contributed by atoms with E-state index in [4.69, 9.17) is 22.2 Å². The van der Waals surface area contributed by atoms with Gasteiger partial charge in [0.25, 0.3) is 0 Å². The highest BCUT2D eigenvalue weighted by atomic mass is 35.5. The summed E-state index contributed by atoms with van der Waals surface area (Å²) in [4.78, 5) is 0. The van der Waals surface area contributed by atoms with E-state index in [1.165, 1.54) is 0 Å². The SMILES string of the molecule is COc1ccc(Cl)cc1C(CSC(C)C)NN.